The van der Waals surface area contributed by atoms with Gasteiger partial charge in [0.1, 0.15) is 5.82 Å². The van der Waals surface area contributed by atoms with Crippen LogP contribution in [0.25, 0.3) is 0 Å². The van der Waals surface area contributed by atoms with Gasteiger partial charge in [0, 0.05) is 33.2 Å². The van der Waals surface area contributed by atoms with Crippen LogP contribution in [0.5, 0.6) is 0 Å². The molecule has 1 aromatic rings. The molecule has 5 nitrogen and oxygen atoms in total. The van der Waals surface area contributed by atoms with Crippen LogP contribution in [0, 0.1) is 5.82 Å². The van der Waals surface area contributed by atoms with Crippen molar-refractivity contribution in [1.29, 1.82) is 0 Å². The number of carbonyl (C=O) groups excluding carboxylic acids is 2. The second-order valence-corrected chi connectivity index (χ2v) is 5.75. The number of piperazine rings is 1. The van der Waals surface area contributed by atoms with Gasteiger partial charge in [-0.1, -0.05) is 6.07 Å². The van der Waals surface area contributed by atoms with Gasteiger partial charge in [-0.3, -0.25) is 9.59 Å². The fourth-order valence-corrected chi connectivity index (χ4v) is 2.53. The van der Waals surface area contributed by atoms with E-state index >= 15 is 0 Å². The molecule has 2 rings (SSSR count). The molecule has 0 spiro atoms. The maximum atomic E-state index is 13.9. The van der Waals surface area contributed by atoms with Crippen LogP contribution in [-0.4, -0.2) is 61.4 Å². The van der Waals surface area contributed by atoms with Crippen LogP contribution in [0.1, 0.15) is 10.4 Å². The van der Waals surface area contributed by atoms with Gasteiger partial charge in [0.05, 0.1) is 16.6 Å². The Morgan fingerprint density at radius 2 is 2.05 bits per heavy atom. The van der Waals surface area contributed by atoms with E-state index in [1.165, 1.54) is 24.1 Å². The molecule has 1 aliphatic heterocycles. The molecular weight excluding hydrogens is 341 g/mol. The second kappa shape index (κ2) is 7.00. The normalized spacial score (nSPS) is 14.9. The largest absolute Gasteiger partial charge is 0.339 e. The van der Waals surface area contributed by atoms with Crippen molar-refractivity contribution in [3.8, 4) is 0 Å². The number of nitrogens with zero attached hydrogens (tertiary/aromatic N) is 2. The van der Waals surface area contributed by atoms with Gasteiger partial charge in [-0.2, -0.15) is 0 Å². The lowest BCUT2D eigenvalue weighted by Gasteiger charge is -2.29. The molecule has 1 N–H and O–H groups in total. The molecule has 21 heavy (non-hydrogen) atoms. The number of hydrogen-bond donors (Lipinski definition) is 1. The van der Waals surface area contributed by atoms with Crippen LogP contribution >= 0.6 is 15.9 Å². The van der Waals surface area contributed by atoms with Crippen molar-refractivity contribution < 1.29 is 14.0 Å². The lowest BCUT2D eigenvalue weighted by molar-refractivity contribution is -0.132. The minimum absolute atomic E-state index is 0.0417. The Balaban J connectivity index is 2.02. The molecule has 0 radical (unpaired) electrons. The first-order chi connectivity index (χ1) is 10.0. The summed E-state index contributed by atoms with van der Waals surface area (Å²) in [5.41, 5.74) is -0.0417. The SMILES string of the molecule is CN(CC(=O)N1CCNCC1)C(=O)c1cccc(Br)c1F. The number of rotatable bonds is 3. The molecule has 0 unspecified atom stereocenters. The van der Waals surface area contributed by atoms with Crippen molar-refractivity contribution in [2.24, 2.45) is 0 Å². The zero-order valence-electron chi connectivity index (χ0n) is 11.7. The summed E-state index contributed by atoms with van der Waals surface area (Å²) >= 11 is 3.05. The Hall–Kier alpha value is -1.47. The van der Waals surface area contributed by atoms with E-state index in [2.05, 4.69) is 21.2 Å². The molecule has 7 heteroatoms. The maximum absolute atomic E-state index is 13.9. The van der Waals surface area contributed by atoms with Crippen LogP contribution in [-0.2, 0) is 4.79 Å². The number of halogens is 2. The van der Waals surface area contributed by atoms with E-state index in [1.807, 2.05) is 0 Å². The van der Waals surface area contributed by atoms with Crippen LogP contribution in [0.4, 0.5) is 4.39 Å². The third-order valence-corrected chi connectivity index (χ3v) is 3.98. The minimum atomic E-state index is -0.607. The second-order valence-electron chi connectivity index (χ2n) is 4.89. The van der Waals surface area contributed by atoms with E-state index in [0.29, 0.717) is 13.1 Å². The van der Waals surface area contributed by atoms with E-state index < -0.39 is 11.7 Å². The molecule has 0 saturated carbocycles. The van der Waals surface area contributed by atoms with Crippen molar-refractivity contribution in [3.63, 3.8) is 0 Å². The molecule has 0 atom stereocenters. The average molecular weight is 358 g/mol. The summed E-state index contributed by atoms with van der Waals surface area (Å²) < 4.78 is 14.1. The Kier molecular flexibility index (Phi) is 5.30. The summed E-state index contributed by atoms with van der Waals surface area (Å²) in [6, 6.07) is 4.53. The first-order valence-corrected chi connectivity index (χ1v) is 7.48. The van der Waals surface area contributed by atoms with Crippen molar-refractivity contribution in [2.75, 3.05) is 39.8 Å². The topological polar surface area (TPSA) is 52.7 Å². The number of hydrogen-bond acceptors (Lipinski definition) is 3. The van der Waals surface area contributed by atoms with Crippen molar-refractivity contribution >= 4 is 27.7 Å². The monoisotopic (exact) mass is 357 g/mol. The van der Waals surface area contributed by atoms with Gasteiger partial charge in [-0.25, -0.2) is 4.39 Å². The zero-order valence-corrected chi connectivity index (χ0v) is 13.3. The van der Waals surface area contributed by atoms with Gasteiger partial charge < -0.3 is 15.1 Å². The average Bonchev–Trinajstić information content (AvgIpc) is 2.50. The highest BCUT2D eigenvalue weighted by atomic mass is 79.9. The molecule has 1 heterocycles. The number of carbonyl (C=O) groups is 2. The van der Waals surface area contributed by atoms with E-state index in [-0.39, 0.29) is 22.5 Å². The smallest absolute Gasteiger partial charge is 0.257 e. The molecule has 1 fully saturated rings. The third kappa shape index (κ3) is 3.79. The summed E-state index contributed by atoms with van der Waals surface area (Å²) in [6.45, 7) is 2.72. The molecule has 1 aromatic carbocycles. The van der Waals surface area contributed by atoms with Crippen molar-refractivity contribution in [3.05, 3.63) is 34.1 Å². The molecule has 0 bridgehead atoms. The minimum Gasteiger partial charge on any atom is -0.339 e. The van der Waals surface area contributed by atoms with E-state index in [1.54, 1.807) is 11.0 Å². The van der Waals surface area contributed by atoms with Gasteiger partial charge in [0.15, 0.2) is 0 Å². The molecule has 0 aliphatic carbocycles. The summed E-state index contributed by atoms with van der Waals surface area (Å²) in [5.74, 6) is -1.23. The first-order valence-electron chi connectivity index (χ1n) is 6.68. The van der Waals surface area contributed by atoms with Crippen molar-refractivity contribution in [2.45, 2.75) is 0 Å². The Bertz CT molecular complexity index is 547. The standard InChI is InChI=1S/C14H17BrFN3O2/c1-18(9-12(20)19-7-5-17-6-8-19)14(21)10-3-2-4-11(15)13(10)16/h2-4,17H,5-9H2,1H3. The lowest BCUT2D eigenvalue weighted by Crippen LogP contribution is -2.49. The highest BCUT2D eigenvalue weighted by molar-refractivity contribution is 9.10. The predicted molar refractivity (Wildman–Crippen MR) is 80.5 cm³/mol. The third-order valence-electron chi connectivity index (χ3n) is 3.37. The summed E-state index contributed by atoms with van der Waals surface area (Å²) in [6.07, 6.45) is 0. The first kappa shape index (κ1) is 15.9. The number of benzene rings is 1. The maximum Gasteiger partial charge on any atom is 0.257 e. The van der Waals surface area contributed by atoms with Gasteiger partial charge in [0.2, 0.25) is 5.91 Å². The number of nitrogens with one attached hydrogen (secondary N) is 1. The Labute approximate surface area is 131 Å². The van der Waals surface area contributed by atoms with E-state index in [4.69, 9.17) is 0 Å². The fraction of sp³-hybridized carbons (Fsp3) is 0.429. The van der Waals surface area contributed by atoms with Gasteiger partial charge in [-0.05, 0) is 28.1 Å². The summed E-state index contributed by atoms with van der Waals surface area (Å²) in [7, 11) is 1.50. The highest BCUT2D eigenvalue weighted by Crippen LogP contribution is 2.19. The molecule has 1 aliphatic rings. The quantitative estimate of drug-likeness (QED) is 0.880. The molecule has 114 valence electrons. The lowest BCUT2D eigenvalue weighted by atomic mass is 10.2. The Morgan fingerprint density at radius 1 is 1.38 bits per heavy atom. The molecular formula is C14H17BrFN3O2. The van der Waals surface area contributed by atoms with Crippen molar-refractivity contribution in [1.82, 2.24) is 15.1 Å². The predicted octanol–water partition coefficient (Wildman–Crippen LogP) is 1.09. The van der Waals surface area contributed by atoms with Gasteiger partial charge >= 0.3 is 0 Å². The van der Waals surface area contributed by atoms with Crippen LogP contribution in [0.3, 0.4) is 0 Å². The number of amides is 2. The number of likely N-dealkylation sites (N-methyl/N-ethyl adjacent to an activating group) is 1. The van der Waals surface area contributed by atoms with E-state index in [0.717, 1.165) is 13.1 Å². The fourth-order valence-electron chi connectivity index (χ4n) is 2.16. The summed E-state index contributed by atoms with van der Waals surface area (Å²) in [4.78, 5) is 27.3. The summed E-state index contributed by atoms with van der Waals surface area (Å²) in [5, 5.41) is 3.16. The van der Waals surface area contributed by atoms with Crippen LogP contribution in [0.2, 0.25) is 0 Å². The molecule has 1 saturated heterocycles. The van der Waals surface area contributed by atoms with Crippen LogP contribution < -0.4 is 5.32 Å². The van der Waals surface area contributed by atoms with Gasteiger partial charge in [0.25, 0.3) is 5.91 Å². The zero-order chi connectivity index (χ0) is 15.4. The highest BCUT2D eigenvalue weighted by Gasteiger charge is 2.22. The van der Waals surface area contributed by atoms with Gasteiger partial charge in [-0.15, -0.1) is 0 Å². The molecule has 2 amide bonds. The van der Waals surface area contributed by atoms with Crippen LogP contribution in [0.15, 0.2) is 22.7 Å². The van der Waals surface area contributed by atoms with E-state index in [9.17, 15) is 14.0 Å². The Morgan fingerprint density at radius 3 is 2.71 bits per heavy atom. The molecule has 0 aromatic heterocycles.